The van der Waals surface area contributed by atoms with Gasteiger partial charge in [0.05, 0.1) is 30.9 Å². The number of piperidine rings is 1. The molecule has 0 atom stereocenters. The summed E-state index contributed by atoms with van der Waals surface area (Å²) in [6.07, 6.45) is 7.60. The highest BCUT2D eigenvalue weighted by molar-refractivity contribution is 5.97. The van der Waals surface area contributed by atoms with Crippen molar-refractivity contribution in [2.45, 2.75) is 90.1 Å². The highest BCUT2D eigenvalue weighted by Gasteiger charge is 2.48. The lowest BCUT2D eigenvalue weighted by molar-refractivity contribution is -0.0544. The SMILES string of the molecule is CC(C)N(C(=O)c1cc(F)ccc1Oc1nncnc1N1CC2(CCN(CC3CCC4(CC3)CN(CC3OCCO3)C(=O)N4)CC2)C1)C(C)C. The Balaban J connectivity index is 0.908. The number of ether oxygens (including phenoxy) is 3. The van der Waals surface area contributed by atoms with E-state index in [4.69, 9.17) is 14.2 Å². The van der Waals surface area contributed by atoms with Gasteiger partial charge in [-0.05, 0) is 103 Å². The first-order valence-electron chi connectivity index (χ1n) is 18.3. The summed E-state index contributed by atoms with van der Waals surface area (Å²) in [7, 11) is 0. The van der Waals surface area contributed by atoms with Crippen LogP contribution in [0.1, 0.15) is 76.6 Å². The van der Waals surface area contributed by atoms with E-state index in [0.717, 1.165) is 77.8 Å². The number of carbonyl (C=O) groups is 2. The Bertz CT molecular complexity index is 1520. The van der Waals surface area contributed by atoms with E-state index in [9.17, 15) is 14.0 Å². The number of likely N-dealkylation sites (tertiary alicyclic amines) is 1. The van der Waals surface area contributed by atoms with Crippen molar-refractivity contribution < 1.29 is 28.2 Å². The summed E-state index contributed by atoms with van der Waals surface area (Å²) in [5.41, 5.74) is 0.234. The molecular weight excluding hydrogens is 643 g/mol. The molecule has 1 aliphatic carbocycles. The van der Waals surface area contributed by atoms with Crippen molar-refractivity contribution >= 4 is 17.8 Å². The molecule has 5 aliphatic rings. The average Bonchev–Trinajstić information content (AvgIpc) is 3.69. The molecule has 0 bridgehead atoms. The van der Waals surface area contributed by atoms with Crippen LogP contribution in [0.15, 0.2) is 24.5 Å². The molecule has 2 spiro atoms. The first kappa shape index (κ1) is 34.8. The monoisotopic (exact) mass is 694 g/mol. The summed E-state index contributed by atoms with van der Waals surface area (Å²) in [5, 5.41) is 11.5. The van der Waals surface area contributed by atoms with Crippen molar-refractivity contribution in [3.05, 3.63) is 35.9 Å². The van der Waals surface area contributed by atoms with Gasteiger partial charge in [-0.2, -0.15) is 0 Å². The molecule has 3 amide bonds. The van der Waals surface area contributed by atoms with Crippen molar-refractivity contribution in [2.75, 3.05) is 63.9 Å². The van der Waals surface area contributed by atoms with Gasteiger partial charge in [-0.15, -0.1) is 10.2 Å². The summed E-state index contributed by atoms with van der Waals surface area (Å²) in [5.74, 6) is 0.843. The van der Waals surface area contributed by atoms with E-state index in [1.54, 1.807) is 4.90 Å². The second-order valence-electron chi connectivity index (χ2n) is 15.6. The lowest BCUT2D eigenvalue weighted by Crippen LogP contribution is -2.61. The fraction of sp³-hybridized carbons (Fsp3) is 0.694. The van der Waals surface area contributed by atoms with Crippen molar-refractivity contribution in [3.8, 4) is 11.6 Å². The first-order chi connectivity index (χ1) is 24.0. The molecule has 14 heteroatoms. The molecule has 4 saturated heterocycles. The summed E-state index contributed by atoms with van der Waals surface area (Å²) < 4.78 is 31.7. The van der Waals surface area contributed by atoms with Gasteiger partial charge in [-0.25, -0.2) is 14.2 Å². The third kappa shape index (κ3) is 7.24. The quantitative estimate of drug-likeness (QED) is 0.385. The maximum absolute atomic E-state index is 14.4. The third-order valence-electron chi connectivity index (χ3n) is 11.4. The number of aromatic nitrogens is 3. The Morgan fingerprint density at radius 1 is 1.04 bits per heavy atom. The third-order valence-corrected chi connectivity index (χ3v) is 11.4. The minimum absolute atomic E-state index is 0.00442. The molecule has 0 radical (unpaired) electrons. The van der Waals surface area contributed by atoms with Crippen LogP contribution in [0.4, 0.5) is 15.0 Å². The van der Waals surface area contributed by atoms with Gasteiger partial charge in [0.1, 0.15) is 17.9 Å². The van der Waals surface area contributed by atoms with Crippen LogP contribution in [-0.2, 0) is 9.47 Å². The number of nitrogens with zero attached hydrogens (tertiary/aromatic N) is 7. The lowest BCUT2D eigenvalue weighted by atomic mass is 9.71. The highest BCUT2D eigenvalue weighted by atomic mass is 19.1. The van der Waals surface area contributed by atoms with Crippen LogP contribution in [-0.4, -0.2) is 125 Å². The van der Waals surface area contributed by atoms with Crippen molar-refractivity contribution in [1.29, 1.82) is 0 Å². The van der Waals surface area contributed by atoms with Crippen LogP contribution in [0, 0.1) is 17.2 Å². The number of nitrogens with one attached hydrogen (secondary N) is 1. The summed E-state index contributed by atoms with van der Waals surface area (Å²) in [4.78, 5) is 39.1. The van der Waals surface area contributed by atoms with E-state index >= 15 is 0 Å². The van der Waals surface area contributed by atoms with E-state index in [-0.39, 0.29) is 58.5 Å². The van der Waals surface area contributed by atoms with Crippen LogP contribution in [0.25, 0.3) is 0 Å². The van der Waals surface area contributed by atoms with Crippen molar-refractivity contribution in [2.24, 2.45) is 11.3 Å². The van der Waals surface area contributed by atoms with Gasteiger partial charge in [-0.1, -0.05) is 0 Å². The molecule has 1 aromatic heterocycles. The molecule has 2 aromatic rings. The Hall–Kier alpha value is -3.62. The molecule has 50 heavy (non-hydrogen) atoms. The highest BCUT2D eigenvalue weighted by Crippen LogP contribution is 2.45. The number of rotatable bonds is 10. The standard InChI is InChI=1S/C36H51FN8O5/c1-24(2)45(25(3)4)33(46)28-17-27(37)5-6-29(28)50-32-31(38-23-39-41-32)44-20-35(21-44)11-13-42(14-12-35)18-26-7-9-36(10-8-26)22-43(34(47)40-36)19-30-48-15-16-49-30/h5-6,17,23-26,30H,7-16,18-22H2,1-4H3,(H,40,47). The first-order valence-corrected chi connectivity index (χ1v) is 18.3. The van der Waals surface area contributed by atoms with E-state index in [0.29, 0.717) is 31.5 Å². The zero-order chi connectivity index (χ0) is 35.0. The maximum Gasteiger partial charge on any atom is 0.318 e. The number of carbonyl (C=O) groups excluding carboxylic acids is 2. The van der Waals surface area contributed by atoms with E-state index in [2.05, 4.69) is 30.3 Å². The number of hydrogen-bond donors (Lipinski definition) is 1. The molecule has 5 fully saturated rings. The minimum Gasteiger partial charge on any atom is -0.434 e. The zero-order valence-corrected chi connectivity index (χ0v) is 29.8. The minimum atomic E-state index is -0.510. The van der Waals surface area contributed by atoms with Gasteiger partial charge < -0.3 is 39.1 Å². The van der Waals surface area contributed by atoms with Crippen LogP contribution >= 0.6 is 0 Å². The Morgan fingerprint density at radius 3 is 2.42 bits per heavy atom. The largest absolute Gasteiger partial charge is 0.434 e. The molecule has 272 valence electrons. The van der Waals surface area contributed by atoms with Crippen molar-refractivity contribution in [3.63, 3.8) is 0 Å². The molecule has 1 saturated carbocycles. The van der Waals surface area contributed by atoms with Gasteiger partial charge in [0.2, 0.25) is 0 Å². The topological polar surface area (TPSA) is 125 Å². The smallest absolute Gasteiger partial charge is 0.318 e. The second-order valence-corrected chi connectivity index (χ2v) is 15.6. The molecule has 0 unspecified atom stereocenters. The Labute approximate surface area is 293 Å². The zero-order valence-electron chi connectivity index (χ0n) is 29.8. The van der Waals surface area contributed by atoms with Gasteiger partial charge in [0.15, 0.2) is 12.1 Å². The average molecular weight is 695 g/mol. The molecular formula is C36H51FN8O5. The molecule has 1 N–H and O–H groups in total. The Kier molecular flexibility index (Phi) is 9.88. The normalized spacial score (nSPS) is 25.5. The van der Waals surface area contributed by atoms with Gasteiger partial charge >= 0.3 is 6.03 Å². The van der Waals surface area contributed by atoms with Gasteiger partial charge in [-0.3, -0.25) is 4.79 Å². The molecule has 4 aliphatic heterocycles. The molecule has 5 heterocycles. The molecule has 13 nitrogen and oxygen atoms in total. The van der Waals surface area contributed by atoms with Crippen LogP contribution < -0.4 is 15.0 Å². The summed E-state index contributed by atoms with van der Waals surface area (Å²) in [6, 6.07) is 3.84. The van der Waals surface area contributed by atoms with E-state index < -0.39 is 5.82 Å². The fourth-order valence-electron chi connectivity index (χ4n) is 8.73. The van der Waals surface area contributed by atoms with Crippen molar-refractivity contribution in [1.82, 2.24) is 35.2 Å². The van der Waals surface area contributed by atoms with E-state index in [1.165, 1.54) is 24.5 Å². The lowest BCUT2D eigenvalue weighted by Gasteiger charge is -2.54. The predicted molar refractivity (Wildman–Crippen MR) is 184 cm³/mol. The number of anilines is 1. The summed E-state index contributed by atoms with van der Waals surface area (Å²) >= 11 is 0. The fourth-order valence-corrected chi connectivity index (χ4v) is 8.73. The van der Waals surface area contributed by atoms with Crippen LogP contribution in [0.3, 0.4) is 0 Å². The Morgan fingerprint density at radius 2 is 1.74 bits per heavy atom. The van der Waals surface area contributed by atoms with Crippen LogP contribution in [0.5, 0.6) is 11.6 Å². The number of urea groups is 1. The number of benzene rings is 1. The van der Waals surface area contributed by atoms with Gasteiger partial charge in [0, 0.05) is 43.7 Å². The number of halogens is 1. The molecule has 1 aromatic carbocycles. The summed E-state index contributed by atoms with van der Waals surface area (Å²) in [6.45, 7) is 15.1. The maximum atomic E-state index is 14.4. The number of amides is 3. The molecule has 7 rings (SSSR count). The predicted octanol–water partition coefficient (Wildman–Crippen LogP) is 4.29. The van der Waals surface area contributed by atoms with E-state index in [1.807, 2.05) is 32.6 Å². The number of hydrogen-bond acceptors (Lipinski definition) is 10. The van der Waals surface area contributed by atoms with Gasteiger partial charge in [0.25, 0.3) is 11.8 Å². The van der Waals surface area contributed by atoms with Crippen LogP contribution in [0.2, 0.25) is 0 Å². The second kappa shape index (κ2) is 14.2.